The average molecular weight is 296 g/mol. The second kappa shape index (κ2) is 7.17. The highest BCUT2D eigenvalue weighted by Gasteiger charge is 2.18. The van der Waals surface area contributed by atoms with E-state index in [1.54, 1.807) is 24.4 Å². The van der Waals surface area contributed by atoms with Crippen molar-refractivity contribution in [1.82, 2.24) is 9.55 Å². The van der Waals surface area contributed by atoms with Crippen molar-refractivity contribution in [1.29, 1.82) is 0 Å². The van der Waals surface area contributed by atoms with Crippen LogP contribution in [0, 0.1) is 0 Å². The molecule has 0 aliphatic heterocycles. The van der Waals surface area contributed by atoms with Gasteiger partial charge in [-0.15, -0.1) is 0 Å². The van der Waals surface area contributed by atoms with Gasteiger partial charge in [0.25, 0.3) is 0 Å². The molecule has 0 fully saturated rings. The molecule has 21 heavy (non-hydrogen) atoms. The Morgan fingerprint density at radius 3 is 2.81 bits per heavy atom. The first-order chi connectivity index (χ1) is 10.1. The van der Waals surface area contributed by atoms with Crippen molar-refractivity contribution in [2.75, 3.05) is 0 Å². The topological polar surface area (TPSA) is 47.3 Å². The number of ether oxygens (including phenoxy) is 1. The second-order valence-corrected chi connectivity index (χ2v) is 4.67. The molecule has 4 nitrogen and oxygen atoms in total. The summed E-state index contributed by atoms with van der Waals surface area (Å²) in [4.78, 5) is 4.20. The molecule has 1 aromatic carbocycles. The largest absolute Gasteiger partial charge is 0.434 e. The molecule has 1 heterocycles. The number of aliphatic hydroxyl groups is 1. The fourth-order valence-electron chi connectivity index (χ4n) is 2.22. The molecule has 0 amide bonds. The van der Waals surface area contributed by atoms with E-state index in [9.17, 15) is 13.9 Å². The van der Waals surface area contributed by atoms with Crippen LogP contribution in [0.1, 0.15) is 30.8 Å². The van der Waals surface area contributed by atoms with Gasteiger partial charge in [-0.05, 0) is 12.5 Å². The third-order valence-electron chi connectivity index (χ3n) is 3.14. The predicted molar refractivity (Wildman–Crippen MR) is 74.3 cm³/mol. The zero-order valence-corrected chi connectivity index (χ0v) is 11.7. The monoisotopic (exact) mass is 296 g/mol. The van der Waals surface area contributed by atoms with Crippen LogP contribution in [-0.2, 0) is 13.0 Å². The molecule has 0 saturated carbocycles. The Bertz CT molecular complexity index is 572. The first kappa shape index (κ1) is 15.4. The van der Waals surface area contributed by atoms with Crippen molar-refractivity contribution in [2.45, 2.75) is 39.0 Å². The van der Waals surface area contributed by atoms with E-state index < -0.39 is 12.7 Å². The average Bonchev–Trinajstić information content (AvgIpc) is 2.86. The molecule has 1 aromatic heterocycles. The van der Waals surface area contributed by atoms with Crippen molar-refractivity contribution >= 4 is 0 Å². The summed E-state index contributed by atoms with van der Waals surface area (Å²) in [6, 6.07) is 6.26. The van der Waals surface area contributed by atoms with Crippen LogP contribution in [0.15, 0.2) is 36.7 Å². The van der Waals surface area contributed by atoms with Crippen LogP contribution in [0.3, 0.4) is 0 Å². The number of nitrogens with zero attached hydrogens (tertiary/aromatic N) is 2. The maximum Gasteiger partial charge on any atom is 0.387 e. The van der Waals surface area contributed by atoms with Crippen molar-refractivity contribution < 1.29 is 18.6 Å². The molecule has 1 unspecified atom stereocenters. The van der Waals surface area contributed by atoms with Crippen molar-refractivity contribution in [2.24, 2.45) is 0 Å². The minimum Gasteiger partial charge on any atom is -0.434 e. The zero-order chi connectivity index (χ0) is 15.2. The zero-order valence-electron chi connectivity index (χ0n) is 11.7. The molecule has 0 aliphatic rings. The number of halogens is 2. The fraction of sp³-hybridized carbons (Fsp3) is 0.400. The number of alkyl halides is 2. The van der Waals surface area contributed by atoms with Gasteiger partial charge in [0.05, 0.1) is 6.10 Å². The lowest BCUT2D eigenvalue weighted by molar-refractivity contribution is -0.0515. The lowest BCUT2D eigenvalue weighted by Gasteiger charge is -2.16. The number of aliphatic hydroxyl groups excluding tert-OH is 1. The van der Waals surface area contributed by atoms with Gasteiger partial charge >= 0.3 is 6.61 Å². The lowest BCUT2D eigenvalue weighted by Crippen LogP contribution is -2.11. The van der Waals surface area contributed by atoms with Crippen LogP contribution in [0.4, 0.5) is 8.78 Å². The fourth-order valence-corrected chi connectivity index (χ4v) is 2.22. The van der Waals surface area contributed by atoms with Crippen LogP contribution < -0.4 is 4.74 Å². The molecule has 6 heteroatoms. The van der Waals surface area contributed by atoms with Gasteiger partial charge in [-0.1, -0.05) is 25.1 Å². The minimum absolute atomic E-state index is 0.00593. The summed E-state index contributed by atoms with van der Waals surface area (Å²) in [5.74, 6) is 0.713. The van der Waals surface area contributed by atoms with Gasteiger partial charge < -0.3 is 14.4 Å². The highest BCUT2D eigenvalue weighted by molar-refractivity contribution is 5.35. The van der Waals surface area contributed by atoms with Crippen molar-refractivity contribution in [3.05, 3.63) is 48.0 Å². The molecule has 114 valence electrons. The molecule has 0 spiro atoms. The van der Waals surface area contributed by atoms with Crippen LogP contribution >= 0.6 is 0 Å². The third-order valence-corrected chi connectivity index (χ3v) is 3.14. The summed E-state index contributed by atoms with van der Waals surface area (Å²) in [6.45, 7) is -0.0659. The van der Waals surface area contributed by atoms with E-state index >= 15 is 0 Å². The van der Waals surface area contributed by atoms with Gasteiger partial charge in [0, 0.05) is 30.9 Å². The van der Waals surface area contributed by atoms with E-state index in [1.165, 1.54) is 6.07 Å². The van der Waals surface area contributed by atoms with E-state index in [1.807, 2.05) is 17.7 Å². The summed E-state index contributed by atoms with van der Waals surface area (Å²) in [7, 11) is 0. The number of hydrogen-bond donors (Lipinski definition) is 1. The lowest BCUT2D eigenvalue weighted by atomic mass is 10.1. The summed E-state index contributed by atoms with van der Waals surface area (Å²) in [5.41, 5.74) is 0.337. The molecule has 1 N–H and O–H groups in total. The summed E-state index contributed by atoms with van der Waals surface area (Å²) < 4.78 is 31.2. The molecular weight excluding hydrogens is 278 g/mol. The summed E-state index contributed by atoms with van der Waals surface area (Å²) >= 11 is 0. The van der Waals surface area contributed by atoms with Gasteiger partial charge in [-0.2, -0.15) is 8.78 Å². The molecule has 0 saturated heterocycles. The number of imidazole rings is 1. The van der Waals surface area contributed by atoms with Gasteiger partial charge in [-0.25, -0.2) is 4.98 Å². The van der Waals surface area contributed by atoms with Gasteiger partial charge in [-0.3, -0.25) is 0 Å². The highest BCUT2D eigenvalue weighted by atomic mass is 19.3. The van der Waals surface area contributed by atoms with Crippen molar-refractivity contribution in [3.8, 4) is 5.75 Å². The molecule has 2 aromatic rings. The molecule has 0 bridgehead atoms. The van der Waals surface area contributed by atoms with E-state index in [0.29, 0.717) is 5.56 Å². The number of para-hydroxylation sites is 1. The quantitative estimate of drug-likeness (QED) is 0.853. The van der Waals surface area contributed by atoms with Gasteiger partial charge in [0.1, 0.15) is 11.6 Å². The smallest absolute Gasteiger partial charge is 0.387 e. The molecule has 1 atom stereocenters. The first-order valence-corrected chi connectivity index (χ1v) is 6.83. The standard InChI is InChI=1S/C15H18F2N2O2/c1-2-8-19-9-7-18-14(19)10-12(20)11-5-3-4-6-13(11)21-15(16)17/h3-7,9,12,15,20H,2,8,10H2,1H3. The third kappa shape index (κ3) is 4.01. The van der Waals surface area contributed by atoms with E-state index in [4.69, 9.17) is 0 Å². The van der Waals surface area contributed by atoms with Crippen LogP contribution in [0.25, 0.3) is 0 Å². The molecular formula is C15H18F2N2O2. The maximum absolute atomic E-state index is 12.4. The Balaban J connectivity index is 2.16. The number of rotatable bonds is 7. The first-order valence-electron chi connectivity index (χ1n) is 6.83. The van der Waals surface area contributed by atoms with E-state index in [0.717, 1.165) is 18.8 Å². The Kier molecular flexibility index (Phi) is 5.27. The minimum atomic E-state index is -2.92. The van der Waals surface area contributed by atoms with Gasteiger partial charge in [0.15, 0.2) is 0 Å². The number of hydrogen-bond acceptors (Lipinski definition) is 3. The molecule has 0 radical (unpaired) electrons. The van der Waals surface area contributed by atoms with Gasteiger partial charge in [0.2, 0.25) is 0 Å². The molecule has 2 rings (SSSR count). The Labute approximate surface area is 122 Å². The Morgan fingerprint density at radius 1 is 1.33 bits per heavy atom. The van der Waals surface area contributed by atoms with Crippen LogP contribution in [0.2, 0.25) is 0 Å². The Hall–Kier alpha value is -1.95. The van der Waals surface area contributed by atoms with Crippen LogP contribution in [-0.4, -0.2) is 21.3 Å². The highest BCUT2D eigenvalue weighted by Crippen LogP contribution is 2.28. The normalized spacial score (nSPS) is 12.6. The summed E-state index contributed by atoms with van der Waals surface area (Å²) in [6.07, 6.45) is 3.76. The Morgan fingerprint density at radius 2 is 2.10 bits per heavy atom. The second-order valence-electron chi connectivity index (χ2n) is 4.67. The van der Waals surface area contributed by atoms with Crippen molar-refractivity contribution in [3.63, 3.8) is 0 Å². The number of aryl methyl sites for hydroxylation is 1. The maximum atomic E-state index is 12.4. The number of benzene rings is 1. The van der Waals surface area contributed by atoms with E-state index in [2.05, 4.69) is 9.72 Å². The predicted octanol–water partition coefficient (Wildman–Crippen LogP) is 3.17. The SMILES string of the molecule is CCCn1ccnc1CC(O)c1ccccc1OC(F)F. The van der Waals surface area contributed by atoms with E-state index in [-0.39, 0.29) is 12.2 Å². The molecule has 0 aliphatic carbocycles. The number of aromatic nitrogens is 2. The summed E-state index contributed by atoms with van der Waals surface area (Å²) in [5, 5.41) is 10.3. The van der Waals surface area contributed by atoms with Crippen LogP contribution in [0.5, 0.6) is 5.75 Å².